The van der Waals surface area contributed by atoms with Crippen LogP contribution in [-0.2, 0) is 15.4 Å². The highest BCUT2D eigenvalue weighted by Gasteiger charge is 2.27. The number of benzene rings is 1. The number of piperidine rings is 1. The molecule has 152 valence electrons. The van der Waals surface area contributed by atoms with Crippen LogP contribution in [0.4, 0.5) is 4.39 Å². The Morgan fingerprint density at radius 2 is 2.00 bits per heavy atom. The van der Waals surface area contributed by atoms with Crippen LogP contribution < -0.4 is 10.6 Å². The van der Waals surface area contributed by atoms with E-state index in [2.05, 4.69) is 29.5 Å². The van der Waals surface area contributed by atoms with E-state index < -0.39 is 10.0 Å². The third-order valence-electron chi connectivity index (χ3n) is 5.08. The van der Waals surface area contributed by atoms with Gasteiger partial charge in [0.15, 0.2) is 5.96 Å². The molecule has 1 fully saturated rings. The van der Waals surface area contributed by atoms with Crippen molar-refractivity contribution in [3.8, 4) is 0 Å². The van der Waals surface area contributed by atoms with E-state index in [4.69, 9.17) is 0 Å². The second kappa shape index (κ2) is 9.01. The minimum absolute atomic E-state index is 0.142. The second-order valence-electron chi connectivity index (χ2n) is 7.54. The zero-order chi connectivity index (χ0) is 20.1. The summed E-state index contributed by atoms with van der Waals surface area (Å²) in [5.74, 6) is 0.580. The van der Waals surface area contributed by atoms with E-state index in [0.29, 0.717) is 25.6 Å². The van der Waals surface area contributed by atoms with Crippen molar-refractivity contribution in [2.45, 2.75) is 45.1 Å². The van der Waals surface area contributed by atoms with Gasteiger partial charge in [-0.2, -0.15) is 0 Å². The molecular formula is C19H31FN4O2S. The number of rotatable bonds is 6. The van der Waals surface area contributed by atoms with Crippen molar-refractivity contribution < 1.29 is 12.8 Å². The van der Waals surface area contributed by atoms with Crippen molar-refractivity contribution in [3.63, 3.8) is 0 Å². The summed E-state index contributed by atoms with van der Waals surface area (Å²) < 4.78 is 39.0. The van der Waals surface area contributed by atoms with Gasteiger partial charge >= 0.3 is 0 Å². The molecule has 0 radical (unpaired) electrons. The third-order valence-corrected chi connectivity index (χ3v) is 6.96. The molecule has 1 aromatic carbocycles. The summed E-state index contributed by atoms with van der Waals surface area (Å²) in [6.45, 7) is 7.43. The average molecular weight is 399 g/mol. The zero-order valence-electron chi connectivity index (χ0n) is 16.6. The SMILES string of the molecule is CCS(=O)(=O)N1CCC(NC(=NC)NCC(C)(C)c2cccc(F)c2)CC1. The van der Waals surface area contributed by atoms with Crippen molar-refractivity contribution in [1.82, 2.24) is 14.9 Å². The van der Waals surface area contributed by atoms with Gasteiger partial charge in [0.1, 0.15) is 5.82 Å². The lowest BCUT2D eigenvalue weighted by molar-refractivity contribution is 0.306. The largest absolute Gasteiger partial charge is 0.356 e. The lowest BCUT2D eigenvalue weighted by atomic mass is 9.84. The summed E-state index contributed by atoms with van der Waals surface area (Å²) >= 11 is 0. The molecule has 0 saturated carbocycles. The molecule has 0 spiro atoms. The number of guanidine groups is 1. The van der Waals surface area contributed by atoms with Gasteiger partial charge in [0.25, 0.3) is 0 Å². The fourth-order valence-electron chi connectivity index (χ4n) is 3.17. The molecule has 1 aromatic rings. The Labute approximate surface area is 162 Å². The minimum Gasteiger partial charge on any atom is -0.356 e. The Hall–Kier alpha value is -1.67. The molecule has 1 aliphatic heterocycles. The standard InChI is InChI=1S/C19H31FN4O2S/c1-5-27(25,26)24-11-9-17(10-12-24)23-18(21-4)22-14-19(2,3)15-7-6-8-16(20)13-15/h6-8,13,17H,5,9-12,14H2,1-4H3,(H2,21,22,23). The quantitative estimate of drug-likeness (QED) is 0.568. The summed E-state index contributed by atoms with van der Waals surface area (Å²) in [5, 5.41) is 6.69. The van der Waals surface area contributed by atoms with E-state index in [1.807, 2.05) is 6.07 Å². The highest BCUT2D eigenvalue weighted by molar-refractivity contribution is 7.89. The Kier molecular flexibility index (Phi) is 7.22. The summed E-state index contributed by atoms with van der Waals surface area (Å²) in [6, 6.07) is 6.82. The van der Waals surface area contributed by atoms with E-state index in [9.17, 15) is 12.8 Å². The number of hydrogen-bond acceptors (Lipinski definition) is 3. The molecule has 6 nitrogen and oxygen atoms in total. The van der Waals surface area contributed by atoms with Gasteiger partial charge in [-0.25, -0.2) is 17.1 Å². The molecule has 0 aromatic heterocycles. The van der Waals surface area contributed by atoms with Gasteiger partial charge in [-0.05, 0) is 37.5 Å². The maximum atomic E-state index is 13.5. The first-order chi connectivity index (χ1) is 12.7. The predicted molar refractivity (Wildman–Crippen MR) is 108 cm³/mol. The van der Waals surface area contributed by atoms with Gasteiger partial charge in [-0.3, -0.25) is 4.99 Å². The molecule has 0 atom stereocenters. The lowest BCUT2D eigenvalue weighted by Crippen LogP contribution is -2.51. The molecule has 1 saturated heterocycles. The van der Waals surface area contributed by atoms with Crippen molar-refractivity contribution >= 4 is 16.0 Å². The summed E-state index contributed by atoms with van der Waals surface area (Å²) in [4.78, 5) is 4.27. The van der Waals surface area contributed by atoms with Crippen LogP contribution in [0.3, 0.4) is 0 Å². The van der Waals surface area contributed by atoms with E-state index in [-0.39, 0.29) is 23.0 Å². The molecule has 2 rings (SSSR count). The van der Waals surface area contributed by atoms with Crippen LogP contribution in [-0.4, -0.2) is 57.2 Å². The van der Waals surface area contributed by atoms with E-state index >= 15 is 0 Å². The molecule has 8 heteroatoms. The summed E-state index contributed by atoms with van der Waals surface area (Å²) in [6.07, 6.45) is 1.49. The van der Waals surface area contributed by atoms with E-state index in [1.165, 1.54) is 6.07 Å². The first kappa shape index (κ1) is 21.6. The predicted octanol–water partition coefficient (Wildman–Crippen LogP) is 2.08. The van der Waals surface area contributed by atoms with Crippen LogP contribution in [0.25, 0.3) is 0 Å². The topological polar surface area (TPSA) is 73.8 Å². The molecular weight excluding hydrogens is 367 g/mol. The van der Waals surface area contributed by atoms with Crippen molar-refractivity contribution in [3.05, 3.63) is 35.6 Å². The molecule has 0 amide bonds. The van der Waals surface area contributed by atoms with Gasteiger partial charge in [-0.15, -0.1) is 0 Å². The first-order valence-electron chi connectivity index (χ1n) is 9.39. The van der Waals surface area contributed by atoms with Crippen LogP contribution >= 0.6 is 0 Å². The number of nitrogens with zero attached hydrogens (tertiary/aromatic N) is 2. The van der Waals surface area contributed by atoms with E-state index in [0.717, 1.165) is 18.4 Å². The average Bonchev–Trinajstić information content (AvgIpc) is 2.65. The third kappa shape index (κ3) is 5.90. The van der Waals surface area contributed by atoms with Gasteiger partial charge < -0.3 is 10.6 Å². The lowest BCUT2D eigenvalue weighted by Gasteiger charge is -2.33. The second-order valence-corrected chi connectivity index (χ2v) is 9.80. The van der Waals surface area contributed by atoms with Crippen molar-refractivity contribution in [2.24, 2.45) is 4.99 Å². The molecule has 0 bridgehead atoms. The Morgan fingerprint density at radius 3 is 2.56 bits per heavy atom. The highest BCUT2D eigenvalue weighted by atomic mass is 32.2. The van der Waals surface area contributed by atoms with Crippen molar-refractivity contribution in [1.29, 1.82) is 0 Å². The van der Waals surface area contributed by atoms with Gasteiger partial charge in [0.05, 0.1) is 5.75 Å². The number of aliphatic imine (C=N–C) groups is 1. The summed E-state index contributed by atoms with van der Waals surface area (Å²) in [5.41, 5.74) is 0.654. The monoisotopic (exact) mass is 398 g/mol. The Balaban J connectivity index is 1.88. The number of nitrogens with one attached hydrogen (secondary N) is 2. The molecule has 0 unspecified atom stereocenters. The molecule has 1 heterocycles. The van der Waals surface area contributed by atoms with E-state index in [1.54, 1.807) is 30.4 Å². The number of sulfonamides is 1. The molecule has 27 heavy (non-hydrogen) atoms. The van der Waals surface area contributed by atoms with Crippen LogP contribution in [0.15, 0.2) is 29.3 Å². The minimum atomic E-state index is -3.11. The van der Waals surface area contributed by atoms with Gasteiger partial charge in [0.2, 0.25) is 10.0 Å². The molecule has 2 N–H and O–H groups in total. The smallest absolute Gasteiger partial charge is 0.213 e. The normalized spacial score (nSPS) is 17.7. The van der Waals surface area contributed by atoms with Crippen molar-refractivity contribution in [2.75, 3.05) is 32.4 Å². The van der Waals surface area contributed by atoms with Crippen LogP contribution in [0.2, 0.25) is 0 Å². The Morgan fingerprint density at radius 1 is 1.33 bits per heavy atom. The molecule has 0 aliphatic carbocycles. The highest BCUT2D eigenvalue weighted by Crippen LogP contribution is 2.23. The Bertz CT molecular complexity index is 757. The van der Waals surface area contributed by atoms with Gasteiger partial charge in [-0.1, -0.05) is 26.0 Å². The fraction of sp³-hybridized carbons (Fsp3) is 0.632. The van der Waals surface area contributed by atoms with Crippen LogP contribution in [0.1, 0.15) is 39.2 Å². The van der Waals surface area contributed by atoms with Gasteiger partial charge in [0, 0.05) is 38.1 Å². The number of hydrogen-bond donors (Lipinski definition) is 2. The van der Waals surface area contributed by atoms with Crippen LogP contribution in [0, 0.1) is 5.82 Å². The zero-order valence-corrected chi connectivity index (χ0v) is 17.4. The maximum absolute atomic E-state index is 13.5. The maximum Gasteiger partial charge on any atom is 0.213 e. The molecule has 1 aliphatic rings. The summed E-state index contributed by atoms with van der Waals surface area (Å²) in [7, 11) is -1.40. The fourth-order valence-corrected chi connectivity index (χ4v) is 4.30. The number of halogens is 1. The first-order valence-corrected chi connectivity index (χ1v) is 11.0. The van der Waals surface area contributed by atoms with Crippen LogP contribution in [0.5, 0.6) is 0 Å².